The Hall–Kier alpha value is -6.17. The zero-order valence-electron chi connectivity index (χ0n) is 22.1. The fourth-order valence-electron chi connectivity index (χ4n) is 2.72. The van der Waals surface area contributed by atoms with Crippen molar-refractivity contribution in [2.45, 2.75) is 0 Å². The molecule has 3 N–H and O–H groups in total. The smallest absolute Gasteiger partial charge is 0.414 e. The van der Waals surface area contributed by atoms with E-state index >= 15 is 0 Å². The van der Waals surface area contributed by atoms with Crippen molar-refractivity contribution in [3.05, 3.63) is 105 Å². The van der Waals surface area contributed by atoms with Crippen LogP contribution in [0.5, 0.6) is 11.5 Å². The number of aromatic amines is 1. The quantitative estimate of drug-likeness (QED) is 0.160. The number of nitrogens with one attached hydrogen (secondary N) is 3. The van der Waals surface area contributed by atoms with E-state index in [9.17, 15) is 39.4 Å². The SMILES string of the molecule is CNC(=O)c1cn[nH]c1.CNC(=O)c1cnn(C(=O)Oc2ccc([N+](=O)[O-])cc2)c1.O=C(Cl)Oc1ccc([N+](=O)[O-])cc1. The van der Waals surface area contributed by atoms with E-state index in [1.165, 1.54) is 74.2 Å². The fraction of sp³-hybridized carbons (Fsp3) is 0.0833. The maximum absolute atomic E-state index is 11.8. The monoisotopic (exact) mass is 616 g/mol. The first-order valence-corrected chi connectivity index (χ1v) is 11.9. The van der Waals surface area contributed by atoms with E-state index in [1.807, 2.05) is 0 Å². The summed E-state index contributed by atoms with van der Waals surface area (Å²) in [6, 6.07) is 10.0. The first-order chi connectivity index (χ1) is 20.4. The first-order valence-electron chi connectivity index (χ1n) is 11.5. The van der Waals surface area contributed by atoms with Gasteiger partial charge in [-0.15, -0.1) is 0 Å². The predicted octanol–water partition coefficient (Wildman–Crippen LogP) is 3.30. The van der Waals surface area contributed by atoms with Gasteiger partial charge in [0.25, 0.3) is 23.2 Å². The largest absolute Gasteiger partial charge is 0.440 e. The molecule has 0 radical (unpaired) electrons. The van der Waals surface area contributed by atoms with Gasteiger partial charge in [-0.25, -0.2) is 9.59 Å². The molecule has 4 rings (SSSR count). The van der Waals surface area contributed by atoms with E-state index in [1.54, 1.807) is 13.2 Å². The van der Waals surface area contributed by atoms with Crippen LogP contribution in [0, 0.1) is 20.2 Å². The second kappa shape index (κ2) is 16.2. The molecule has 18 nitrogen and oxygen atoms in total. The highest BCUT2D eigenvalue weighted by molar-refractivity contribution is 6.61. The maximum Gasteiger partial charge on any atom is 0.440 e. The summed E-state index contributed by atoms with van der Waals surface area (Å²) in [6.07, 6.45) is 4.61. The van der Waals surface area contributed by atoms with Gasteiger partial charge in [-0.05, 0) is 24.3 Å². The Bertz CT molecular complexity index is 1570. The van der Waals surface area contributed by atoms with Crippen molar-refractivity contribution in [2.75, 3.05) is 14.1 Å². The van der Waals surface area contributed by atoms with Crippen LogP contribution in [0.15, 0.2) is 73.3 Å². The summed E-state index contributed by atoms with van der Waals surface area (Å²) in [5.74, 6) is -0.207. The van der Waals surface area contributed by atoms with E-state index in [0.29, 0.717) is 5.56 Å². The van der Waals surface area contributed by atoms with Gasteiger partial charge in [-0.1, -0.05) is 0 Å². The molecule has 2 heterocycles. The molecule has 0 aliphatic heterocycles. The zero-order valence-corrected chi connectivity index (χ0v) is 22.9. The van der Waals surface area contributed by atoms with Gasteiger partial charge in [-0.3, -0.25) is 34.9 Å². The van der Waals surface area contributed by atoms with Crippen LogP contribution >= 0.6 is 11.6 Å². The molecule has 0 fully saturated rings. The number of nitrogens with zero attached hydrogens (tertiary/aromatic N) is 5. The van der Waals surface area contributed by atoms with Crippen LogP contribution in [0.3, 0.4) is 0 Å². The number of non-ortho nitro benzene ring substituents is 2. The number of H-pyrrole nitrogens is 1. The third-order valence-electron chi connectivity index (χ3n) is 4.74. The highest BCUT2D eigenvalue weighted by Gasteiger charge is 2.14. The third kappa shape index (κ3) is 10.7. The van der Waals surface area contributed by atoms with Crippen LogP contribution in [0.4, 0.5) is 21.0 Å². The van der Waals surface area contributed by atoms with Crippen LogP contribution in [0.1, 0.15) is 20.7 Å². The Balaban J connectivity index is 0.000000249. The van der Waals surface area contributed by atoms with Gasteiger partial charge in [0.15, 0.2) is 0 Å². The van der Waals surface area contributed by atoms with Crippen molar-refractivity contribution in [1.29, 1.82) is 0 Å². The van der Waals surface area contributed by atoms with Crippen molar-refractivity contribution in [3.8, 4) is 11.5 Å². The van der Waals surface area contributed by atoms with E-state index in [2.05, 4.69) is 30.7 Å². The average Bonchev–Trinajstić information content (AvgIpc) is 3.71. The van der Waals surface area contributed by atoms with Gasteiger partial charge in [0.1, 0.15) is 11.5 Å². The van der Waals surface area contributed by atoms with Gasteiger partial charge in [0, 0.05) is 56.2 Å². The van der Waals surface area contributed by atoms with E-state index < -0.39 is 21.4 Å². The molecule has 43 heavy (non-hydrogen) atoms. The van der Waals surface area contributed by atoms with Crippen molar-refractivity contribution in [3.63, 3.8) is 0 Å². The molecule has 0 aliphatic rings. The minimum atomic E-state index is -0.978. The second-order valence-electron chi connectivity index (χ2n) is 7.53. The molecule has 4 aromatic rings. The molecular formula is C24H21ClN8O10. The highest BCUT2D eigenvalue weighted by atomic mass is 35.5. The Morgan fingerprint density at radius 1 is 0.814 bits per heavy atom. The second-order valence-corrected chi connectivity index (χ2v) is 7.84. The van der Waals surface area contributed by atoms with Crippen LogP contribution in [-0.4, -0.2) is 67.3 Å². The number of carbonyl (C=O) groups is 4. The summed E-state index contributed by atoms with van der Waals surface area (Å²) in [6.45, 7) is 0. The minimum absolute atomic E-state index is 0.0747. The molecule has 0 atom stereocenters. The van der Waals surface area contributed by atoms with Crippen molar-refractivity contribution < 1.29 is 38.5 Å². The lowest BCUT2D eigenvalue weighted by molar-refractivity contribution is -0.385. The number of benzene rings is 2. The first kappa shape index (κ1) is 33.0. The van der Waals surface area contributed by atoms with Crippen molar-refractivity contribution in [1.82, 2.24) is 30.6 Å². The highest BCUT2D eigenvalue weighted by Crippen LogP contribution is 2.18. The Kier molecular flexibility index (Phi) is 12.4. The van der Waals surface area contributed by atoms with Crippen molar-refractivity contribution >= 4 is 46.3 Å². The zero-order chi connectivity index (χ0) is 31.9. The number of hydrogen-bond acceptors (Lipinski definition) is 12. The molecule has 0 spiro atoms. The lowest BCUT2D eigenvalue weighted by atomic mass is 10.3. The number of hydrogen-bond donors (Lipinski definition) is 3. The normalized spacial score (nSPS) is 9.56. The van der Waals surface area contributed by atoms with E-state index in [-0.39, 0.29) is 40.3 Å². The summed E-state index contributed by atoms with van der Waals surface area (Å²) in [4.78, 5) is 63.6. The van der Waals surface area contributed by atoms with Gasteiger partial charge in [0.2, 0.25) is 0 Å². The van der Waals surface area contributed by atoms with Gasteiger partial charge in [0.05, 0.1) is 39.6 Å². The van der Waals surface area contributed by atoms with Crippen LogP contribution in [0.2, 0.25) is 0 Å². The third-order valence-corrected chi connectivity index (χ3v) is 4.82. The predicted molar refractivity (Wildman–Crippen MR) is 147 cm³/mol. The van der Waals surface area contributed by atoms with Crippen LogP contribution < -0.4 is 20.1 Å². The lowest BCUT2D eigenvalue weighted by Crippen LogP contribution is -2.19. The molecule has 0 bridgehead atoms. The number of nitro benzene ring substituents is 2. The maximum atomic E-state index is 11.8. The topological polar surface area (TPSA) is 244 Å². The molecular weight excluding hydrogens is 596 g/mol. The fourth-order valence-corrected chi connectivity index (χ4v) is 2.80. The standard InChI is InChI=1S/C12H10N4O5.C7H4ClNO4.C5H7N3O/c1-13-11(17)8-6-14-15(7-8)12(18)21-10-4-2-9(3-5-10)16(19)20;8-7(10)13-6-3-1-5(2-4-6)9(11)12;1-6-5(9)4-2-7-8-3-4/h2-7H,1H3,(H,13,17);1-4H;2-3H,1H3,(H,6,9)(H,7,8). The number of ether oxygens (including phenoxy) is 2. The molecule has 224 valence electrons. The van der Waals surface area contributed by atoms with E-state index in [0.717, 1.165) is 4.68 Å². The number of rotatable bonds is 6. The summed E-state index contributed by atoms with van der Waals surface area (Å²) in [5.41, 5.74) is -0.408. The molecule has 0 saturated carbocycles. The van der Waals surface area contributed by atoms with E-state index in [4.69, 9.17) is 16.3 Å². The summed E-state index contributed by atoms with van der Waals surface area (Å²) in [5, 5.41) is 35.4. The van der Waals surface area contributed by atoms with Crippen LogP contribution in [-0.2, 0) is 0 Å². The number of amides is 2. The van der Waals surface area contributed by atoms with Crippen LogP contribution in [0.25, 0.3) is 0 Å². The molecule has 0 saturated heterocycles. The number of halogens is 1. The number of nitro groups is 2. The molecule has 2 aromatic carbocycles. The molecule has 19 heteroatoms. The number of aromatic nitrogens is 4. The summed E-state index contributed by atoms with van der Waals surface area (Å²) >= 11 is 4.92. The van der Waals surface area contributed by atoms with Gasteiger partial charge < -0.3 is 20.1 Å². The Morgan fingerprint density at radius 3 is 1.72 bits per heavy atom. The lowest BCUT2D eigenvalue weighted by Gasteiger charge is -2.03. The Labute approximate surface area is 245 Å². The van der Waals surface area contributed by atoms with Gasteiger partial charge >= 0.3 is 11.5 Å². The Morgan fingerprint density at radius 2 is 1.30 bits per heavy atom. The molecule has 2 amide bonds. The molecule has 0 aliphatic carbocycles. The summed E-state index contributed by atoms with van der Waals surface area (Å²) < 4.78 is 10.3. The number of carbonyl (C=O) groups excluding carboxylic acids is 4. The minimum Gasteiger partial charge on any atom is -0.414 e. The van der Waals surface area contributed by atoms with Gasteiger partial charge in [-0.2, -0.15) is 14.9 Å². The molecule has 0 unspecified atom stereocenters. The summed E-state index contributed by atoms with van der Waals surface area (Å²) in [7, 11) is 3.03. The average molecular weight is 617 g/mol. The molecule has 2 aromatic heterocycles. The van der Waals surface area contributed by atoms with Crippen molar-refractivity contribution in [2.24, 2.45) is 0 Å².